The molecule has 0 saturated carbocycles. The van der Waals surface area contributed by atoms with Gasteiger partial charge in [-0.3, -0.25) is 0 Å². The van der Waals surface area contributed by atoms with Crippen LogP contribution < -0.4 is 4.74 Å². The lowest BCUT2D eigenvalue weighted by molar-refractivity contribution is 0.373. The highest BCUT2D eigenvalue weighted by atomic mass is 19.1. The third-order valence-corrected chi connectivity index (χ3v) is 2.61. The standard InChI is InChI=1S/C14H13FO2/c1-9-3-5-12(15)11(7-9)10-4-6-13(16)14(8-10)17-2/h3-8,16H,1-2H3. The molecule has 0 saturated heterocycles. The van der Waals surface area contributed by atoms with E-state index in [1.165, 1.54) is 19.2 Å². The van der Waals surface area contributed by atoms with Gasteiger partial charge >= 0.3 is 0 Å². The number of rotatable bonds is 2. The van der Waals surface area contributed by atoms with Gasteiger partial charge < -0.3 is 9.84 Å². The second-order valence-electron chi connectivity index (χ2n) is 3.87. The number of halogens is 1. The number of ether oxygens (including phenoxy) is 1. The zero-order valence-corrected chi connectivity index (χ0v) is 9.70. The van der Waals surface area contributed by atoms with Gasteiger partial charge in [0.2, 0.25) is 0 Å². The molecule has 0 fully saturated rings. The van der Waals surface area contributed by atoms with Crippen molar-refractivity contribution < 1.29 is 14.2 Å². The van der Waals surface area contributed by atoms with Crippen LogP contribution in [0.3, 0.4) is 0 Å². The molecule has 1 N–H and O–H groups in total. The highest BCUT2D eigenvalue weighted by Crippen LogP contribution is 2.32. The fraction of sp³-hybridized carbons (Fsp3) is 0.143. The average Bonchev–Trinajstić information content (AvgIpc) is 2.33. The summed E-state index contributed by atoms with van der Waals surface area (Å²) in [6.45, 7) is 1.90. The smallest absolute Gasteiger partial charge is 0.161 e. The van der Waals surface area contributed by atoms with Crippen LogP contribution in [0.5, 0.6) is 11.5 Å². The first-order valence-corrected chi connectivity index (χ1v) is 5.25. The molecule has 0 unspecified atom stereocenters. The van der Waals surface area contributed by atoms with E-state index in [1.54, 1.807) is 24.3 Å². The molecule has 0 aromatic heterocycles. The van der Waals surface area contributed by atoms with E-state index in [4.69, 9.17) is 4.74 Å². The maximum absolute atomic E-state index is 13.7. The van der Waals surface area contributed by atoms with Crippen molar-refractivity contribution in [2.24, 2.45) is 0 Å². The minimum absolute atomic E-state index is 0.0457. The van der Waals surface area contributed by atoms with Gasteiger partial charge in [-0.1, -0.05) is 17.7 Å². The third kappa shape index (κ3) is 2.23. The molecule has 0 radical (unpaired) electrons. The largest absolute Gasteiger partial charge is 0.504 e. The summed E-state index contributed by atoms with van der Waals surface area (Å²) in [6.07, 6.45) is 0. The van der Waals surface area contributed by atoms with Crippen molar-refractivity contribution in [3.63, 3.8) is 0 Å². The molecule has 0 spiro atoms. The Bertz CT molecular complexity index is 550. The van der Waals surface area contributed by atoms with E-state index in [-0.39, 0.29) is 11.6 Å². The van der Waals surface area contributed by atoms with Crippen molar-refractivity contribution in [1.82, 2.24) is 0 Å². The predicted octanol–water partition coefficient (Wildman–Crippen LogP) is 3.52. The number of aromatic hydroxyl groups is 1. The van der Waals surface area contributed by atoms with Crippen molar-refractivity contribution >= 4 is 0 Å². The molecule has 2 nitrogen and oxygen atoms in total. The van der Waals surface area contributed by atoms with Crippen LogP contribution in [0.4, 0.5) is 4.39 Å². The Labute approximate surface area is 99.3 Å². The van der Waals surface area contributed by atoms with Crippen LogP contribution in [-0.4, -0.2) is 12.2 Å². The summed E-state index contributed by atoms with van der Waals surface area (Å²) in [5.74, 6) is 0.0936. The van der Waals surface area contributed by atoms with Gasteiger partial charge in [0.05, 0.1) is 7.11 Å². The molecule has 2 rings (SSSR count). The van der Waals surface area contributed by atoms with Crippen LogP contribution in [-0.2, 0) is 0 Å². The van der Waals surface area contributed by atoms with Crippen molar-refractivity contribution in [3.05, 3.63) is 47.8 Å². The molecular weight excluding hydrogens is 219 g/mol. The molecule has 2 aromatic carbocycles. The maximum Gasteiger partial charge on any atom is 0.161 e. The Kier molecular flexibility index (Phi) is 3.00. The monoisotopic (exact) mass is 232 g/mol. The zero-order chi connectivity index (χ0) is 12.4. The van der Waals surface area contributed by atoms with E-state index < -0.39 is 0 Å². The first kappa shape index (κ1) is 11.5. The third-order valence-electron chi connectivity index (χ3n) is 2.61. The normalized spacial score (nSPS) is 10.3. The molecule has 0 aliphatic heterocycles. The van der Waals surface area contributed by atoms with Crippen molar-refractivity contribution in [2.45, 2.75) is 6.92 Å². The second-order valence-corrected chi connectivity index (χ2v) is 3.87. The highest BCUT2D eigenvalue weighted by molar-refractivity contribution is 5.68. The molecule has 0 heterocycles. The molecule has 0 aliphatic carbocycles. The fourth-order valence-electron chi connectivity index (χ4n) is 1.71. The van der Waals surface area contributed by atoms with Crippen molar-refractivity contribution in [1.29, 1.82) is 0 Å². The number of phenolic OH excluding ortho intramolecular Hbond substituents is 1. The molecule has 2 aromatic rings. The van der Waals surface area contributed by atoms with E-state index in [2.05, 4.69) is 0 Å². The Morgan fingerprint density at radius 1 is 1.12 bits per heavy atom. The highest BCUT2D eigenvalue weighted by Gasteiger charge is 2.08. The maximum atomic E-state index is 13.7. The summed E-state index contributed by atoms with van der Waals surface area (Å²) < 4.78 is 18.7. The van der Waals surface area contributed by atoms with Crippen molar-refractivity contribution in [3.8, 4) is 22.6 Å². The van der Waals surface area contributed by atoms with Crippen molar-refractivity contribution in [2.75, 3.05) is 7.11 Å². The first-order valence-electron chi connectivity index (χ1n) is 5.25. The first-order chi connectivity index (χ1) is 8.11. The fourth-order valence-corrected chi connectivity index (χ4v) is 1.71. The van der Waals surface area contributed by atoms with E-state index in [9.17, 15) is 9.50 Å². The molecule has 0 bridgehead atoms. The Morgan fingerprint density at radius 3 is 2.59 bits per heavy atom. The van der Waals surface area contributed by atoms with Crippen LogP contribution in [0.25, 0.3) is 11.1 Å². The number of phenols is 1. The number of aryl methyl sites for hydroxylation is 1. The van der Waals surface area contributed by atoms with E-state index >= 15 is 0 Å². The van der Waals surface area contributed by atoms with Crippen LogP contribution in [0.15, 0.2) is 36.4 Å². The zero-order valence-electron chi connectivity index (χ0n) is 9.70. The minimum Gasteiger partial charge on any atom is -0.504 e. The van der Waals surface area contributed by atoms with Gasteiger partial charge in [-0.05, 0) is 36.8 Å². The van der Waals surface area contributed by atoms with Crippen LogP contribution >= 0.6 is 0 Å². The van der Waals surface area contributed by atoms with Crippen LogP contribution in [0, 0.1) is 12.7 Å². The lowest BCUT2D eigenvalue weighted by Crippen LogP contribution is -1.88. The van der Waals surface area contributed by atoms with E-state index in [1.807, 2.05) is 6.92 Å². The van der Waals surface area contributed by atoms with Gasteiger partial charge in [0, 0.05) is 5.56 Å². The lowest BCUT2D eigenvalue weighted by atomic mass is 10.0. The summed E-state index contributed by atoms with van der Waals surface area (Å²) >= 11 is 0. The number of methoxy groups -OCH3 is 1. The van der Waals surface area contributed by atoms with Crippen LogP contribution in [0.1, 0.15) is 5.56 Å². The SMILES string of the molecule is COc1cc(-c2cc(C)ccc2F)ccc1O. The molecule has 17 heavy (non-hydrogen) atoms. The predicted molar refractivity (Wildman–Crippen MR) is 64.8 cm³/mol. The molecule has 88 valence electrons. The molecular formula is C14H13FO2. The van der Waals surface area contributed by atoms with Gasteiger partial charge in [-0.15, -0.1) is 0 Å². The topological polar surface area (TPSA) is 29.5 Å². The number of hydrogen-bond donors (Lipinski definition) is 1. The van der Waals surface area contributed by atoms with Gasteiger partial charge in [0.25, 0.3) is 0 Å². The lowest BCUT2D eigenvalue weighted by Gasteiger charge is -2.08. The quantitative estimate of drug-likeness (QED) is 0.858. The summed E-state index contributed by atoms with van der Waals surface area (Å²) in [6, 6.07) is 9.69. The van der Waals surface area contributed by atoms with Gasteiger partial charge in [-0.25, -0.2) is 4.39 Å². The van der Waals surface area contributed by atoms with Gasteiger partial charge in [-0.2, -0.15) is 0 Å². The molecule has 0 amide bonds. The Hall–Kier alpha value is -2.03. The van der Waals surface area contributed by atoms with E-state index in [0.29, 0.717) is 16.9 Å². The summed E-state index contributed by atoms with van der Waals surface area (Å²) in [5, 5.41) is 9.49. The Balaban J connectivity index is 2.56. The summed E-state index contributed by atoms with van der Waals surface area (Å²) in [4.78, 5) is 0. The van der Waals surface area contributed by atoms with Gasteiger partial charge in [0.15, 0.2) is 11.5 Å². The number of hydrogen-bond acceptors (Lipinski definition) is 2. The summed E-state index contributed by atoms with van der Waals surface area (Å²) in [5.41, 5.74) is 2.16. The number of benzene rings is 2. The molecule has 3 heteroatoms. The van der Waals surface area contributed by atoms with Gasteiger partial charge in [0.1, 0.15) is 5.82 Å². The molecule has 0 aliphatic rings. The Morgan fingerprint density at radius 2 is 1.88 bits per heavy atom. The summed E-state index contributed by atoms with van der Waals surface area (Å²) in [7, 11) is 1.46. The molecule has 0 atom stereocenters. The van der Waals surface area contributed by atoms with E-state index in [0.717, 1.165) is 5.56 Å². The minimum atomic E-state index is -0.289. The average molecular weight is 232 g/mol. The van der Waals surface area contributed by atoms with Crippen LogP contribution in [0.2, 0.25) is 0 Å². The second kappa shape index (κ2) is 4.45.